The number of nitrogens with one attached hydrogen (secondary N) is 1. The summed E-state index contributed by atoms with van der Waals surface area (Å²) in [5, 5.41) is 12.1. The number of rotatable bonds is 9. The highest BCUT2D eigenvalue weighted by Gasteiger charge is 2.66. The molecule has 0 radical (unpaired) electrons. The van der Waals surface area contributed by atoms with Crippen LogP contribution in [0.15, 0.2) is 0 Å². The van der Waals surface area contributed by atoms with Crippen LogP contribution in [0.1, 0.15) is 27.2 Å². The molecule has 122 valence electrons. The summed E-state index contributed by atoms with van der Waals surface area (Å²) in [5.74, 6) is -1.50. The third kappa shape index (κ3) is 3.53. The van der Waals surface area contributed by atoms with E-state index in [9.17, 15) is 14.7 Å². The highest BCUT2D eigenvalue weighted by Crippen LogP contribution is 2.51. The van der Waals surface area contributed by atoms with Crippen LogP contribution in [0, 0.1) is 5.41 Å². The normalized spacial score (nSPS) is 27.0. The number of hydrogen-bond donors (Lipinski definition) is 2. The van der Waals surface area contributed by atoms with Gasteiger partial charge >= 0.3 is 5.97 Å². The number of carboxylic acid groups (broad SMARTS) is 1. The van der Waals surface area contributed by atoms with Crippen molar-refractivity contribution in [3.05, 3.63) is 0 Å². The third-order valence-electron chi connectivity index (χ3n) is 4.15. The molecule has 1 fully saturated rings. The fourth-order valence-corrected chi connectivity index (χ4v) is 2.62. The number of carboxylic acids is 1. The van der Waals surface area contributed by atoms with Gasteiger partial charge in [0, 0.05) is 25.6 Å². The van der Waals surface area contributed by atoms with Crippen LogP contribution in [0.3, 0.4) is 0 Å². The minimum Gasteiger partial charge on any atom is -0.479 e. The lowest BCUT2D eigenvalue weighted by molar-refractivity contribution is -0.195. The van der Waals surface area contributed by atoms with Gasteiger partial charge in [-0.25, -0.2) is 4.79 Å². The average molecular weight is 303 g/mol. The molecule has 7 nitrogen and oxygen atoms in total. The molecular weight excluding hydrogens is 278 g/mol. The molecule has 1 aliphatic rings. The number of ether oxygens (including phenoxy) is 3. The van der Waals surface area contributed by atoms with Crippen LogP contribution >= 0.6 is 0 Å². The predicted octanol–water partition coefficient (Wildman–Crippen LogP) is 0.424. The summed E-state index contributed by atoms with van der Waals surface area (Å²) in [6.07, 6.45) is 0.0702. The van der Waals surface area contributed by atoms with Crippen LogP contribution in [-0.4, -0.2) is 62.2 Å². The molecule has 1 saturated carbocycles. The summed E-state index contributed by atoms with van der Waals surface area (Å²) >= 11 is 0. The van der Waals surface area contributed by atoms with E-state index in [2.05, 4.69) is 5.32 Å². The topological polar surface area (TPSA) is 94.1 Å². The number of carbonyl (C=O) groups excluding carboxylic acids is 1. The van der Waals surface area contributed by atoms with Gasteiger partial charge in [-0.1, -0.05) is 13.8 Å². The monoisotopic (exact) mass is 303 g/mol. The molecule has 1 aliphatic carbocycles. The van der Waals surface area contributed by atoms with E-state index in [1.54, 1.807) is 13.8 Å². The summed E-state index contributed by atoms with van der Waals surface area (Å²) in [6.45, 7) is 6.43. The van der Waals surface area contributed by atoms with E-state index in [1.807, 2.05) is 6.92 Å². The molecule has 2 atom stereocenters. The van der Waals surface area contributed by atoms with Crippen molar-refractivity contribution in [1.29, 1.82) is 0 Å². The molecule has 0 saturated heterocycles. The van der Waals surface area contributed by atoms with Gasteiger partial charge in [0.2, 0.25) is 5.91 Å². The number of aliphatic carboxylic acids is 1. The van der Waals surface area contributed by atoms with E-state index < -0.39 is 22.8 Å². The number of amides is 1. The number of methoxy groups -OCH3 is 1. The zero-order valence-corrected chi connectivity index (χ0v) is 13.1. The fraction of sp³-hybridized carbons (Fsp3) is 0.857. The zero-order valence-electron chi connectivity index (χ0n) is 13.1. The molecule has 7 heteroatoms. The summed E-state index contributed by atoms with van der Waals surface area (Å²) in [6, 6.07) is 0. The van der Waals surface area contributed by atoms with E-state index >= 15 is 0 Å². The summed E-state index contributed by atoms with van der Waals surface area (Å²) < 4.78 is 15.4. The van der Waals surface area contributed by atoms with Crippen molar-refractivity contribution < 1.29 is 28.9 Å². The zero-order chi connectivity index (χ0) is 16.1. The van der Waals surface area contributed by atoms with Crippen LogP contribution in [0.25, 0.3) is 0 Å². The lowest BCUT2D eigenvalue weighted by Crippen LogP contribution is -2.76. The van der Waals surface area contributed by atoms with Crippen molar-refractivity contribution in [2.24, 2.45) is 5.41 Å². The van der Waals surface area contributed by atoms with E-state index in [-0.39, 0.29) is 25.7 Å². The van der Waals surface area contributed by atoms with Gasteiger partial charge in [0.15, 0.2) is 0 Å². The summed E-state index contributed by atoms with van der Waals surface area (Å²) in [4.78, 5) is 23.5. The maximum absolute atomic E-state index is 11.9. The first-order valence-corrected chi connectivity index (χ1v) is 7.04. The van der Waals surface area contributed by atoms with Gasteiger partial charge in [-0.05, 0) is 6.92 Å². The largest absolute Gasteiger partial charge is 0.479 e. The molecular formula is C14H25NO6. The first-order valence-electron chi connectivity index (χ1n) is 7.04. The average Bonchev–Trinajstić information content (AvgIpc) is 2.41. The highest BCUT2D eigenvalue weighted by molar-refractivity contribution is 5.89. The maximum atomic E-state index is 11.9. The van der Waals surface area contributed by atoms with Crippen molar-refractivity contribution in [3.63, 3.8) is 0 Å². The molecule has 0 bridgehead atoms. The lowest BCUT2D eigenvalue weighted by Gasteiger charge is -2.58. The molecule has 0 aromatic rings. The minimum absolute atomic E-state index is 0.187. The second-order valence-electron chi connectivity index (χ2n) is 5.67. The predicted molar refractivity (Wildman–Crippen MR) is 75.0 cm³/mol. The van der Waals surface area contributed by atoms with Crippen molar-refractivity contribution in [3.8, 4) is 0 Å². The quantitative estimate of drug-likeness (QED) is 0.600. The Kier molecular flexibility index (Phi) is 6.12. The molecule has 0 heterocycles. The van der Waals surface area contributed by atoms with Gasteiger partial charge in [-0.3, -0.25) is 4.79 Å². The Balaban J connectivity index is 2.63. The third-order valence-corrected chi connectivity index (χ3v) is 4.15. The van der Waals surface area contributed by atoms with Gasteiger partial charge in [-0.15, -0.1) is 0 Å². The highest BCUT2D eigenvalue weighted by atomic mass is 16.5. The molecule has 21 heavy (non-hydrogen) atoms. The lowest BCUT2D eigenvalue weighted by atomic mass is 9.54. The van der Waals surface area contributed by atoms with Crippen molar-refractivity contribution in [2.45, 2.75) is 38.8 Å². The Morgan fingerprint density at radius 1 is 1.33 bits per heavy atom. The molecule has 1 amide bonds. The van der Waals surface area contributed by atoms with Gasteiger partial charge < -0.3 is 24.6 Å². The van der Waals surface area contributed by atoms with Crippen molar-refractivity contribution >= 4 is 11.9 Å². The Bertz CT molecular complexity index is 384. The molecule has 0 aliphatic heterocycles. The van der Waals surface area contributed by atoms with E-state index in [1.165, 1.54) is 7.11 Å². The molecule has 2 unspecified atom stereocenters. The van der Waals surface area contributed by atoms with E-state index in [0.29, 0.717) is 13.2 Å². The Hall–Kier alpha value is -1.18. The molecule has 0 aromatic carbocycles. The second kappa shape index (κ2) is 7.20. The van der Waals surface area contributed by atoms with E-state index in [0.717, 1.165) is 0 Å². The van der Waals surface area contributed by atoms with Crippen LogP contribution < -0.4 is 5.32 Å². The van der Waals surface area contributed by atoms with Gasteiger partial charge in [0.05, 0.1) is 19.3 Å². The van der Waals surface area contributed by atoms with Gasteiger partial charge in [-0.2, -0.15) is 0 Å². The summed E-state index contributed by atoms with van der Waals surface area (Å²) in [7, 11) is 1.54. The van der Waals surface area contributed by atoms with Crippen LogP contribution in [-0.2, 0) is 23.8 Å². The fourth-order valence-electron chi connectivity index (χ4n) is 2.62. The van der Waals surface area contributed by atoms with Crippen LogP contribution in [0.5, 0.6) is 0 Å². The standard InChI is InChI=1S/C14H25NO6/c1-5-21-10-8-14(12(17)18,13(10,2)3)15-11(16)9-20-7-6-19-4/h10H,5-9H2,1-4H3,(H,15,16)(H,17,18). The first-order chi connectivity index (χ1) is 9.81. The van der Waals surface area contributed by atoms with Gasteiger partial charge in [0.25, 0.3) is 0 Å². The van der Waals surface area contributed by atoms with Crippen molar-refractivity contribution in [1.82, 2.24) is 5.32 Å². The smallest absolute Gasteiger partial charge is 0.330 e. The Morgan fingerprint density at radius 2 is 2.00 bits per heavy atom. The van der Waals surface area contributed by atoms with E-state index in [4.69, 9.17) is 14.2 Å². The van der Waals surface area contributed by atoms with Crippen LogP contribution in [0.4, 0.5) is 0 Å². The van der Waals surface area contributed by atoms with Gasteiger partial charge in [0.1, 0.15) is 12.1 Å². The van der Waals surface area contributed by atoms with Crippen LogP contribution in [0.2, 0.25) is 0 Å². The molecule has 0 aromatic heterocycles. The van der Waals surface area contributed by atoms with Crippen molar-refractivity contribution in [2.75, 3.05) is 33.5 Å². The molecule has 0 spiro atoms. The minimum atomic E-state index is -1.31. The summed E-state index contributed by atoms with van der Waals surface area (Å²) in [5.41, 5.74) is -1.99. The number of carbonyl (C=O) groups is 2. The second-order valence-corrected chi connectivity index (χ2v) is 5.67. The molecule has 2 N–H and O–H groups in total. The first kappa shape index (κ1) is 17.9. The molecule has 1 rings (SSSR count). The Morgan fingerprint density at radius 3 is 2.48 bits per heavy atom. The number of hydrogen-bond acceptors (Lipinski definition) is 5. The Labute approximate surface area is 124 Å². The SMILES string of the molecule is CCOC1CC(NC(=O)COCCOC)(C(=O)O)C1(C)C. The maximum Gasteiger partial charge on any atom is 0.330 e.